The van der Waals surface area contributed by atoms with Gasteiger partial charge in [-0.05, 0) is 70.6 Å². The standard InChI is InChI=1S/C28H30BrNO4/c29-25-19-23(18-24(26(25)31)21-14-10-15-22(17-21)28(33)34)27(32)30-16-9-4-2-1-3-6-11-20-12-7-5-8-13-20/h5,7-8,10,12-15,17-19,31H,1-4,6,9,11,16H2,(H,30,32)(H,33,34). The summed E-state index contributed by atoms with van der Waals surface area (Å²) in [6.07, 6.45) is 7.88. The van der Waals surface area contributed by atoms with E-state index in [9.17, 15) is 19.8 Å². The maximum Gasteiger partial charge on any atom is 0.335 e. The van der Waals surface area contributed by atoms with E-state index in [0.29, 0.717) is 27.7 Å². The Hall–Kier alpha value is -3.12. The average molecular weight is 524 g/mol. The first-order valence-corrected chi connectivity index (χ1v) is 12.4. The van der Waals surface area contributed by atoms with Crippen LogP contribution < -0.4 is 5.32 Å². The van der Waals surface area contributed by atoms with Crippen LogP contribution in [0.15, 0.2) is 71.2 Å². The number of aromatic hydroxyl groups is 1. The number of hydrogen-bond acceptors (Lipinski definition) is 3. The normalized spacial score (nSPS) is 10.7. The van der Waals surface area contributed by atoms with Crippen molar-refractivity contribution in [3.05, 3.63) is 87.9 Å². The van der Waals surface area contributed by atoms with Crippen LogP contribution in [0.2, 0.25) is 0 Å². The van der Waals surface area contributed by atoms with Crippen LogP contribution in [-0.2, 0) is 6.42 Å². The summed E-state index contributed by atoms with van der Waals surface area (Å²) in [6, 6.07) is 20.0. The van der Waals surface area contributed by atoms with Crippen molar-refractivity contribution in [3.63, 3.8) is 0 Å². The third-order valence-electron chi connectivity index (χ3n) is 5.77. The van der Waals surface area contributed by atoms with Crippen molar-refractivity contribution < 1.29 is 19.8 Å². The molecular formula is C28H30BrNO4. The van der Waals surface area contributed by atoms with Gasteiger partial charge in [-0.1, -0.05) is 68.1 Å². The molecule has 3 rings (SSSR count). The van der Waals surface area contributed by atoms with Gasteiger partial charge in [-0.3, -0.25) is 4.79 Å². The van der Waals surface area contributed by atoms with Gasteiger partial charge in [0.2, 0.25) is 0 Å². The molecule has 0 unspecified atom stereocenters. The van der Waals surface area contributed by atoms with E-state index in [2.05, 4.69) is 45.5 Å². The van der Waals surface area contributed by atoms with Crippen LogP contribution in [0.5, 0.6) is 5.75 Å². The SMILES string of the molecule is O=C(O)c1cccc(-c2cc(C(=O)NCCCCCCCCc3ccccc3)cc(Br)c2O)c1. The van der Waals surface area contributed by atoms with Crippen molar-refractivity contribution in [1.82, 2.24) is 5.32 Å². The summed E-state index contributed by atoms with van der Waals surface area (Å²) < 4.78 is 0.381. The Kier molecular flexibility index (Phi) is 9.71. The molecule has 178 valence electrons. The number of benzene rings is 3. The summed E-state index contributed by atoms with van der Waals surface area (Å²) in [7, 11) is 0. The van der Waals surface area contributed by atoms with Gasteiger partial charge in [-0.25, -0.2) is 4.79 Å². The fourth-order valence-corrected chi connectivity index (χ4v) is 4.34. The lowest BCUT2D eigenvalue weighted by atomic mass is 9.99. The first kappa shape index (κ1) is 25.5. The average Bonchev–Trinajstić information content (AvgIpc) is 2.85. The number of phenolic OH excluding ortho intramolecular Hbond substituents is 1. The molecule has 0 bridgehead atoms. The van der Waals surface area contributed by atoms with Gasteiger partial charge in [0.05, 0.1) is 10.0 Å². The third-order valence-corrected chi connectivity index (χ3v) is 6.37. The molecule has 0 saturated heterocycles. The lowest BCUT2D eigenvalue weighted by Gasteiger charge is -2.11. The molecule has 0 spiro atoms. The molecule has 1 amide bonds. The Morgan fingerprint density at radius 1 is 0.794 bits per heavy atom. The highest BCUT2D eigenvalue weighted by Crippen LogP contribution is 2.37. The Balaban J connectivity index is 1.44. The Labute approximate surface area is 209 Å². The van der Waals surface area contributed by atoms with Crippen molar-refractivity contribution in [2.24, 2.45) is 0 Å². The number of carbonyl (C=O) groups excluding carboxylic acids is 1. The molecule has 34 heavy (non-hydrogen) atoms. The van der Waals surface area contributed by atoms with E-state index >= 15 is 0 Å². The maximum atomic E-state index is 12.7. The number of carboxylic acids is 1. The molecule has 0 atom stereocenters. The maximum absolute atomic E-state index is 12.7. The third kappa shape index (κ3) is 7.45. The first-order valence-electron chi connectivity index (χ1n) is 11.6. The van der Waals surface area contributed by atoms with Gasteiger partial charge in [-0.2, -0.15) is 0 Å². The smallest absolute Gasteiger partial charge is 0.335 e. The molecule has 3 aromatic carbocycles. The van der Waals surface area contributed by atoms with E-state index in [1.165, 1.54) is 37.0 Å². The van der Waals surface area contributed by atoms with Gasteiger partial charge in [0.15, 0.2) is 0 Å². The second-order valence-corrected chi connectivity index (χ2v) is 9.21. The number of unbranched alkanes of at least 4 members (excludes halogenated alkanes) is 5. The van der Waals surface area contributed by atoms with E-state index in [-0.39, 0.29) is 17.2 Å². The first-order chi connectivity index (χ1) is 16.5. The van der Waals surface area contributed by atoms with E-state index < -0.39 is 5.97 Å². The molecule has 6 heteroatoms. The van der Waals surface area contributed by atoms with Gasteiger partial charge in [-0.15, -0.1) is 0 Å². The van der Waals surface area contributed by atoms with Crippen molar-refractivity contribution in [3.8, 4) is 16.9 Å². The number of carboxylic acid groups (broad SMARTS) is 1. The van der Waals surface area contributed by atoms with Crippen LogP contribution >= 0.6 is 15.9 Å². The number of nitrogens with one attached hydrogen (secondary N) is 1. The predicted octanol–water partition coefficient (Wildman–Crippen LogP) is 6.83. The van der Waals surface area contributed by atoms with Gasteiger partial charge in [0.25, 0.3) is 5.91 Å². The highest BCUT2D eigenvalue weighted by Gasteiger charge is 2.15. The zero-order valence-corrected chi connectivity index (χ0v) is 20.7. The molecular weight excluding hydrogens is 494 g/mol. The summed E-state index contributed by atoms with van der Waals surface area (Å²) in [5.41, 5.74) is 2.84. The minimum Gasteiger partial charge on any atom is -0.506 e. The van der Waals surface area contributed by atoms with Crippen molar-refractivity contribution >= 4 is 27.8 Å². The molecule has 0 heterocycles. The number of carbonyl (C=O) groups is 2. The number of aryl methyl sites for hydroxylation is 1. The summed E-state index contributed by atoms with van der Waals surface area (Å²) in [5, 5.41) is 22.6. The van der Waals surface area contributed by atoms with Gasteiger partial charge in [0.1, 0.15) is 5.75 Å². The molecule has 0 saturated carbocycles. The molecule has 0 aromatic heterocycles. The summed E-state index contributed by atoms with van der Waals surface area (Å²) in [6.45, 7) is 0.588. The van der Waals surface area contributed by atoms with Crippen molar-refractivity contribution in [2.75, 3.05) is 6.54 Å². The second kappa shape index (κ2) is 12.9. The van der Waals surface area contributed by atoms with Gasteiger partial charge >= 0.3 is 5.97 Å². The zero-order valence-electron chi connectivity index (χ0n) is 19.1. The predicted molar refractivity (Wildman–Crippen MR) is 138 cm³/mol. The van der Waals surface area contributed by atoms with Gasteiger partial charge in [0, 0.05) is 17.7 Å². The Morgan fingerprint density at radius 3 is 2.24 bits per heavy atom. The minimum atomic E-state index is -1.05. The second-order valence-electron chi connectivity index (χ2n) is 8.35. The largest absolute Gasteiger partial charge is 0.506 e. The lowest BCUT2D eigenvalue weighted by Crippen LogP contribution is -2.24. The van der Waals surface area contributed by atoms with E-state index in [1.807, 2.05) is 6.07 Å². The fraction of sp³-hybridized carbons (Fsp3) is 0.286. The molecule has 3 aromatic rings. The Morgan fingerprint density at radius 2 is 1.50 bits per heavy atom. The van der Waals surface area contributed by atoms with Gasteiger partial charge < -0.3 is 15.5 Å². The molecule has 0 aliphatic rings. The Bertz CT molecular complexity index is 1110. The van der Waals surface area contributed by atoms with E-state index in [1.54, 1.807) is 24.3 Å². The highest BCUT2D eigenvalue weighted by atomic mass is 79.9. The lowest BCUT2D eigenvalue weighted by molar-refractivity contribution is 0.0696. The number of amides is 1. The molecule has 0 fully saturated rings. The topological polar surface area (TPSA) is 86.6 Å². The summed E-state index contributed by atoms with van der Waals surface area (Å²) in [4.78, 5) is 23.9. The molecule has 3 N–H and O–H groups in total. The summed E-state index contributed by atoms with van der Waals surface area (Å²) >= 11 is 3.30. The molecule has 5 nitrogen and oxygen atoms in total. The monoisotopic (exact) mass is 523 g/mol. The van der Waals surface area contributed by atoms with Crippen LogP contribution in [0, 0.1) is 0 Å². The van der Waals surface area contributed by atoms with E-state index in [0.717, 1.165) is 25.7 Å². The van der Waals surface area contributed by atoms with Crippen LogP contribution in [0.3, 0.4) is 0 Å². The van der Waals surface area contributed by atoms with Crippen LogP contribution in [0.4, 0.5) is 0 Å². The van der Waals surface area contributed by atoms with Crippen LogP contribution in [-0.4, -0.2) is 28.6 Å². The minimum absolute atomic E-state index is 0.0358. The summed E-state index contributed by atoms with van der Waals surface area (Å²) in [5.74, 6) is -1.31. The fourth-order valence-electron chi connectivity index (χ4n) is 3.88. The number of halogens is 1. The van der Waals surface area contributed by atoms with E-state index in [4.69, 9.17) is 0 Å². The van der Waals surface area contributed by atoms with Crippen molar-refractivity contribution in [1.29, 1.82) is 0 Å². The molecule has 0 aliphatic carbocycles. The highest BCUT2D eigenvalue weighted by molar-refractivity contribution is 9.10. The molecule has 0 radical (unpaired) electrons. The number of aromatic carboxylic acids is 1. The van der Waals surface area contributed by atoms with Crippen LogP contribution in [0.25, 0.3) is 11.1 Å². The number of phenols is 1. The molecule has 0 aliphatic heterocycles. The number of rotatable bonds is 12. The van der Waals surface area contributed by atoms with Crippen LogP contribution in [0.1, 0.15) is 64.8 Å². The zero-order chi connectivity index (χ0) is 24.3. The quantitative estimate of drug-likeness (QED) is 0.227. The number of hydrogen-bond donors (Lipinski definition) is 3. The van der Waals surface area contributed by atoms with Crippen molar-refractivity contribution in [2.45, 2.75) is 44.9 Å².